The van der Waals surface area contributed by atoms with Gasteiger partial charge in [-0.15, -0.1) is 0 Å². The van der Waals surface area contributed by atoms with E-state index in [9.17, 15) is 13.2 Å². The van der Waals surface area contributed by atoms with Crippen molar-refractivity contribution in [1.29, 1.82) is 0 Å². The third-order valence-electron chi connectivity index (χ3n) is 2.16. The zero-order chi connectivity index (χ0) is 12.9. The average Bonchev–Trinajstić information content (AvgIpc) is 2.28. The Labute approximate surface area is 97.5 Å². The predicted molar refractivity (Wildman–Crippen MR) is 62.2 cm³/mol. The molecule has 0 heterocycles. The van der Waals surface area contributed by atoms with Gasteiger partial charge in [0.05, 0.1) is 11.3 Å². The third-order valence-corrected chi connectivity index (χ3v) is 2.16. The number of halogens is 3. The smallest absolute Gasteiger partial charge is 0.324 e. The molecule has 0 fully saturated rings. The second-order valence-electron chi connectivity index (χ2n) is 3.40. The molecule has 1 rings (SSSR count). The van der Waals surface area contributed by atoms with Crippen LogP contribution in [0.5, 0.6) is 0 Å². The molecule has 0 spiro atoms. The summed E-state index contributed by atoms with van der Waals surface area (Å²) in [5.74, 6) is 5.20. The summed E-state index contributed by atoms with van der Waals surface area (Å²) in [6, 6.07) is 3.39. The number of likely N-dealkylation sites (N-methyl/N-ethyl adjacent to an activating group) is 1. The van der Waals surface area contributed by atoms with E-state index >= 15 is 0 Å². The lowest BCUT2D eigenvalue weighted by Crippen LogP contribution is -2.11. The minimum atomic E-state index is -4.36. The first-order valence-corrected chi connectivity index (χ1v) is 4.98. The molecule has 1 aromatic rings. The molecule has 0 radical (unpaired) electrons. The third kappa shape index (κ3) is 3.76. The van der Waals surface area contributed by atoms with Crippen molar-refractivity contribution in [3.8, 4) is 0 Å². The van der Waals surface area contributed by atoms with Crippen LogP contribution in [0, 0.1) is 0 Å². The highest BCUT2D eigenvalue weighted by molar-refractivity contribution is 5.67. The molecule has 0 saturated heterocycles. The van der Waals surface area contributed by atoms with Gasteiger partial charge in [0.2, 0.25) is 0 Å². The molecule has 0 atom stereocenters. The standard InChI is InChI=1S/C11H14F3N3/c1-16-6-2-3-8-4-5-9(11(12,13)14)7-10(8)17-15/h2-5,7,16-17H,6,15H2,1H3. The van der Waals surface area contributed by atoms with Crippen molar-refractivity contribution in [3.63, 3.8) is 0 Å². The van der Waals surface area contributed by atoms with E-state index in [2.05, 4.69) is 10.7 Å². The Morgan fingerprint density at radius 1 is 1.35 bits per heavy atom. The Kier molecular flexibility index (Phi) is 4.53. The van der Waals surface area contributed by atoms with Crippen LogP contribution >= 0.6 is 0 Å². The molecular formula is C11H14F3N3. The fourth-order valence-corrected chi connectivity index (χ4v) is 1.31. The number of hydrogen-bond donors (Lipinski definition) is 3. The van der Waals surface area contributed by atoms with Crippen LogP contribution in [0.3, 0.4) is 0 Å². The van der Waals surface area contributed by atoms with E-state index in [0.29, 0.717) is 12.1 Å². The van der Waals surface area contributed by atoms with E-state index in [0.717, 1.165) is 12.1 Å². The molecule has 6 heteroatoms. The zero-order valence-electron chi connectivity index (χ0n) is 9.31. The fraction of sp³-hybridized carbons (Fsp3) is 0.273. The van der Waals surface area contributed by atoms with Crippen molar-refractivity contribution in [3.05, 3.63) is 35.4 Å². The van der Waals surface area contributed by atoms with Crippen molar-refractivity contribution >= 4 is 11.8 Å². The van der Waals surface area contributed by atoms with Crippen LogP contribution in [0.2, 0.25) is 0 Å². The van der Waals surface area contributed by atoms with E-state index < -0.39 is 11.7 Å². The molecule has 0 amide bonds. The summed E-state index contributed by atoms with van der Waals surface area (Å²) in [5, 5.41) is 2.89. The number of anilines is 1. The van der Waals surface area contributed by atoms with Crippen molar-refractivity contribution in [2.75, 3.05) is 19.0 Å². The van der Waals surface area contributed by atoms with E-state index in [1.165, 1.54) is 6.07 Å². The molecule has 4 N–H and O–H groups in total. The number of hydrazine groups is 1. The number of nitrogens with two attached hydrogens (primary N) is 1. The normalized spacial score (nSPS) is 12.1. The Balaban J connectivity index is 3.01. The lowest BCUT2D eigenvalue weighted by molar-refractivity contribution is -0.137. The highest BCUT2D eigenvalue weighted by Crippen LogP contribution is 2.32. The minimum Gasteiger partial charge on any atom is -0.324 e. The summed E-state index contributed by atoms with van der Waals surface area (Å²) in [4.78, 5) is 0. The lowest BCUT2D eigenvalue weighted by Gasteiger charge is -2.11. The molecule has 0 unspecified atom stereocenters. The van der Waals surface area contributed by atoms with Gasteiger partial charge in [-0.3, -0.25) is 5.84 Å². The lowest BCUT2D eigenvalue weighted by atomic mass is 10.1. The second kappa shape index (κ2) is 5.70. The summed E-state index contributed by atoms with van der Waals surface area (Å²) in [7, 11) is 1.78. The van der Waals surface area contributed by atoms with Gasteiger partial charge in [-0.1, -0.05) is 18.2 Å². The summed E-state index contributed by atoms with van der Waals surface area (Å²) >= 11 is 0. The van der Waals surface area contributed by atoms with Crippen LogP contribution in [-0.2, 0) is 6.18 Å². The molecule has 0 bridgehead atoms. The van der Waals surface area contributed by atoms with Gasteiger partial charge in [-0.25, -0.2) is 0 Å². The maximum Gasteiger partial charge on any atom is 0.416 e. The van der Waals surface area contributed by atoms with E-state index in [1.807, 2.05) is 0 Å². The summed E-state index contributed by atoms with van der Waals surface area (Å²) in [6.07, 6.45) is -0.867. The number of rotatable bonds is 4. The Hall–Kier alpha value is -1.53. The number of nitrogens with one attached hydrogen (secondary N) is 2. The monoisotopic (exact) mass is 245 g/mol. The Bertz CT molecular complexity index is 399. The summed E-state index contributed by atoms with van der Waals surface area (Å²) in [5.41, 5.74) is 2.39. The molecule has 0 saturated carbocycles. The molecule has 3 nitrogen and oxygen atoms in total. The van der Waals surface area contributed by atoms with E-state index in [1.54, 1.807) is 19.2 Å². The number of nitrogen functional groups attached to an aromatic ring is 1. The van der Waals surface area contributed by atoms with Gasteiger partial charge in [0, 0.05) is 6.54 Å². The van der Waals surface area contributed by atoms with Gasteiger partial charge in [0.25, 0.3) is 0 Å². The molecule has 17 heavy (non-hydrogen) atoms. The topological polar surface area (TPSA) is 50.1 Å². The van der Waals surface area contributed by atoms with Gasteiger partial charge < -0.3 is 10.7 Å². The molecule has 0 aliphatic carbocycles. The van der Waals surface area contributed by atoms with Gasteiger partial charge in [-0.2, -0.15) is 13.2 Å². The van der Waals surface area contributed by atoms with Crippen LogP contribution in [0.1, 0.15) is 11.1 Å². The van der Waals surface area contributed by atoms with Gasteiger partial charge in [-0.05, 0) is 24.7 Å². The first-order valence-electron chi connectivity index (χ1n) is 4.98. The average molecular weight is 245 g/mol. The van der Waals surface area contributed by atoms with E-state index in [-0.39, 0.29) is 5.69 Å². The highest BCUT2D eigenvalue weighted by atomic mass is 19.4. The van der Waals surface area contributed by atoms with Crippen LogP contribution in [0.25, 0.3) is 6.08 Å². The minimum absolute atomic E-state index is 0.243. The van der Waals surface area contributed by atoms with Crippen molar-refractivity contribution in [2.45, 2.75) is 6.18 Å². The maximum atomic E-state index is 12.4. The number of hydrogen-bond acceptors (Lipinski definition) is 3. The quantitative estimate of drug-likeness (QED) is 0.563. The number of benzene rings is 1. The first-order chi connectivity index (χ1) is 7.99. The van der Waals surface area contributed by atoms with Gasteiger partial charge in [0.15, 0.2) is 0 Å². The van der Waals surface area contributed by atoms with Gasteiger partial charge >= 0.3 is 6.18 Å². The molecular weight excluding hydrogens is 231 g/mol. The van der Waals surface area contributed by atoms with Crippen molar-refractivity contribution < 1.29 is 13.2 Å². The Morgan fingerprint density at radius 3 is 2.59 bits per heavy atom. The van der Waals surface area contributed by atoms with E-state index in [4.69, 9.17) is 5.84 Å². The SMILES string of the molecule is CNCC=Cc1ccc(C(F)(F)F)cc1NN. The predicted octanol–water partition coefficient (Wildman–Crippen LogP) is 2.22. The van der Waals surface area contributed by atoms with Crippen molar-refractivity contribution in [1.82, 2.24) is 5.32 Å². The molecule has 94 valence electrons. The molecule has 0 aromatic heterocycles. The largest absolute Gasteiger partial charge is 0.416 e. The van der Waals surface area contributed by atoms with Crippen LogP contribution in [0.4, 0.5) is 18.9 Å². The number of alkyl halides is 3. The molecule has 0 aliphatic heterocycles. The zero-order valence-corrected chi connectivity index (χ0v) is 9.31. The molecule has 1 aromatic carbocycles. The second-order valence-corrected chi connectivity index (χ2v) is 3.40. The summed E-state index contributed by atoms with van der Waals surface area (Å²) < 4.78 is 37.3. The van der Waals surface area contributed by atoms with Gasteiger partial charge in [0.1, 0.15) is 0 Å². The van der Waals surface area contributed by atoms with Crippen LogP contribution in [-0.4, -0.2) is 13.6 Å². The van der Waals surface area contributed by atoms with Crippen molar-refractivity contribution in [2.24, 2.45) is 5.84 Å². The summed E-state index contributed by atoms with van der Waals surface area (Å²) in [6.45, 7) is 0.630. The molecule has 0 aliphatic rings. The maximum absolute atomic E-state index is 12.4. The van der Waals surface area contributed by atoms with Crippen LogP contribution in [0.15, 0.2) is 24.3 Å². The fourth-order valence-electron chi connectivity index (χ4n) is 1.31. The highest BCUT2D eigenvalue weighted by Gasteiger charge is 2.30. The van der Waals surface area contributed by atoms with Crippen LogP contribution < -0.4 is 16.6 Å². The Morgan fingerprint density at radius 2 is 2.06 bits per heavy atom. The first kappa shape index (κ1) is 13.5.